The van der Waals surface area contributed by atoms with Gasteiger partial charge in [0.05, 0.1) is 6.10 Å². The van der Waals surface area contributed by atoms with Crippen LogP contribution in [0.15, 0.2) is 0 Å². The van der Waals surface area contributed by atoms with E-state index in [4.69, 9.17) is 4.74 Å². The van der Waals surface area contributed by atoms with Crippen LogP contribution in [-0.2, 0) is 9.53 Å². The predicted molar refractivity (Wildman–Crippen MR) is 85.1 cm³/mol. The minimum atomic E-state index is 0.0679. The summed E-state index contributed by atoms with van der Waals surface area (Å²) in [6.07, 6.45) is 2.30. The molecule has 3 atom stereocenters. The van der Waals surface area contributed by atoms with Gasteiger partial charge >= 0.3 is 0 Å². The van der Waals surface area contributed by atoms with Crippen molar-refractivity contribution in [3.63, 3.8) is 0 Å². The molecular weight excluding hydrogens is 264 g/mol. The van der Waals surface area contributed by atoms with Gasteiger partial charge in [0.15, 0.2) is 0 Å². The molecule has 1 aliphatic carbocycles. The molecule has 122 valence electrons. The number of hydrogen-bond donors (Lipinski definition) is 1. The van der Waals surface area contributed by atoms with Crippen LogP contribution in [-0.4, -0.2) is 49.2 Å². The second-order valence-electron chi connectivity index (χ2n) is 7.26. The highest BCUT2D eigenvalue weighted by molar-refractivity contribution is 5.79. The molecule has 0 bridgehead atoms. The maximum atomic E-state index is 12.9. The van der Waals surface area contributed by atoms with Crippen LogP contribution < -0.4 is 5.32 Å². The molecule has 4 nitrogen and oxygen atoms in total. The van der Waals surface area contributed by atoms with E-state index in [0.717, 1.165) is 39.1 Å². The summed E-state index contributed by atoms with van der Waals surface area (Å²) in [7, 11) is 0. The maximum absolute atomic E-state index is 12.9. The Labute approximate surface area is 129 Å². The van der Waals surface area contributed by atoms with E-state index >= 15 is 0 Å². The van der Waals surface area contributed by atoms with Crippen molar-refractivity contribution in [1.82, 2.24) is 10.2 Å². The topological polar surface area (TPSA) is 41.6 Å². The minimum absolute atomic E-state index is 0.0679. The first kappa shape index (κ1) is 16.8. The van der Waals surface area contributed by atoms with Gasteiger partial charge in [-0.25, -0.2) is 0 Å². The zero-order valence-corrected chi connectivity index (χ0v) is 14.3. The third-order valence-electron chi connectivity index (χ3n) is 5.53. The molecule has 0 radical (unpaired) electrons. The van der Waals surface area contributed by atoms with Gasteiger partial charge in [-0.2, -0.15) is 0 Å². The number of nitrogens with zero attached hydrogens (tertiary/aromatic N) is 1. The van der Waals surface area contributed by atoms with Crippen LogP contribution in [0.1, 0.15) is 47.5 Å². The molecule has 0 aromatic rings. The summed E-state index contributed by atoms with van der Waals surface area (Å²) >= 11 is 0. The Hall–Kier alpha value is -0.610. The second-order valence-corrected chi connectivity index (χ2v) is 7.26. The lowest BCUT2D eigenvalue weighted by Gasteiger charge is -2.56. The number of ether oxygens (including phenoxy) is 1. The van der Waals surface area contributed by atoms with Crippen LogP contribution in [0.3, 0.4) is 0 Å². The van der Waals surface area contributed by atoms with E-state index in [1.54, 1.807) is 0 Å². The lowest BCUT2D eigenvalue weighted by molar-refractivity contribution is -0.171. The molecule has 1 heterocycles. The summed E-state index contributed by atoms with van der Waals surface area (Å²) < 4.78 is 5.82. The molecule has 0 spiro atoms. The fourth-order valence-corrected chi connectivity index (χ4v) is 3.67. The van der Waals surface area contributed by atoms with Crippen molar-refractivity contribution >= 4 is 5.91 Å². The predicted octanol–water partition coefficient (Wildman–Crippen LogP) is 2.28. The SMILES string of the molecule is CCCN(C(=O)C(C)C1CNC1)C1CC(OCC)C1(C)C. The highest BCUT2D eigenvalue weighted by Crippen LogP contribution is 2.46. The van der Waals surface area contributed by atoms with Gasteiger partial charge < -0.3 is 15.0 Å². The lowest BCUT2D eigenvalue weighted by Crippen LogP contribution is -2.64. The van der Waals surface area contributed by atoms with Gasteiger partial charge in [0.25, 0.3) is 0 Å². The Bertz CT molecular complexity index is 366. The smallest absolute Gasteiger partial charge is 0.226 e. The number of rotatable bonds is 7. The van der Waals surface area contributed by atoms with Crippen LogP contribution in [0.25, 0.3) is 0 Å². The molecule has 0 aromatic heterocycles. The fraction of sp³-hybridized carbons (Fsp3) is 0.941. The largest absolute Gasteiger partial charge is 0.378 e. The Kier molecular flexibility index (Phi) is 5.31. The van der Waals surface area contributed by atoms with Crippen molar-refractivity contribution in [2.24, 2.45) is 17.3 Å². The van der Waals surface area contributed by atoms with Gasteiger partial charge in [-0.05, 0) is 38.8 Å². The van der Waals surface area contributed by atoms with Crippen molar-refractivity contribution < 1.29 is 9.53 Å². The summed E-state index contributed by atoms with van der Waals surface area (Å²) in [6, 6.07) is 0.331. The molecule has 2 rings (SSSR count). The number of amides is 1. The molecule has 21 heavy (non-hydrogen) atoms. The first-order valence-corrected chi connectivity index (χ1v) is 8.56. The van der Waals surface area contributed by atoms with Crippen molar-refractivity contribution in [1.29, 1.82) is 0 Å². The van der Waals surface area contributed by atoms with Gasteiger partial charge in [0.1, 0.15) is 0 Å². The molecule has 3 unspecified atom stereocenters. The van der Waals surface area contributed by atoms with Crippen molar-refractivity contribution in [3.8, 4) is 0 Å². The Balaban J connectivity index is 2.03. The molecule has 1 saturated carbocycles. The highest BCUT2D eigenvalue weighted by Gasteiger charge is 2.53. The van der Waals surface area contributed by atoms with E-state index in [9.17, 15) is 4.79 Å². The second kappa shape index (κ2) is 6.66. The Morgan fingerprint density at radius 2 is 2.05 bits per heavy atom. The van der Waals surface area contributed by atoms with Crippen molar-refractivity contribution in [2.75, 3.05) is 26.2 Å². The van der Waals surface area contributed by atoms with E-state index in [2.05, 4.69) is 37.9 Å². The van der Waals surface area contributed by atoms with E-state index < -0.39 is 0 Å². The third kappa shape index (κ3) is 3.11. The van der Waals surface area contributed by atoms with E-state index in [1.807, 2.05) is 6.92 Å². The van der Waals surface area contributed by atoms with Gasteiger partial charge in [0.2, 0.25) is 5.91 Å². The molecule has 1 saturated heterocycles. The number of carbonyl (C=O) groups is 1. The first-order chi connectivity index (χ1) is 9.93. The molecular formula is C17H32N2O2. The average Bonchev–Trinajstić information content (AvgIpc) is 2.38. The molecule has 2 fully saturated rings. The van der Waals surface area contributed by atoms with E-state index in [0.29, 0.717) is 24.0 Å². The highest BCUT2D eigenvalue weighted by atomic mass is 16.5. The average molecular weight is 296 g/mol. The standard InChI is InChI=1S/C17H32N2O2/c1-6-8-19(16(20)12(3)13-10-18-11-13)14-9-15(21-7-2)17(14,4)5/h12-15,18H,6-11H2,1-5H3. The van der Waals surface area contributed by atoms with Gasteiger partial charge in [-0.15, -0.1) is 0 Å². The molecule has 1 N–H and O–H groups in total. The molecule has 4 heteroatoms. The van der Waals surface area contributed by atoms with Crippen molar-refractivity contribution in [2.45, 2.75) is 59.6 Å². The molecule has 1 amide bonds. The third-order valence-corrected chi connectivity index (χ3v) is 5.53. The van der Waals surface area contributed by atoms with Crippen LogP contribution in [0.5, 0.6) is 0 Å². The summed E-state index contributed by atoms with van der Waals surface area (Å²) in [5.41, 5.74) is 0.0679. The molecule has 2 aliphatic rings. The Morgan fingerprint density at radius 1 is 1.38 bits per heavy atom. The summed E-state index contributed by atoms with van der Waals surface area (Å²) in [4.78, 5) is 15.1. The zero-order valence-electron chi connectivity index (χ0n) is 14.3. The van der Waals surface area contributed by atoms with Crippen LogP contribution in [0.4, 0.5) is 0 Å². The quantitative estimate of drug-likeness (QED) is 0.784. The normalized spacial score (nSPS) is 29.4. The fourth-order valence-electron chi connectivity index (χ4n) is 3.67. The van der Waals surface area contributed by atoms with E-state index in [-0.39, 0.29) is 11.3 Å². The number of carbonyl (C=O) groups excluding carboxylic acids is 1. The summed E-state index contributed by atoms with van der Waals surface area (Å²) in [6.45, 7) is 14.4. The van der Waals surface area contributed by atoms with Crippen LogP contribution in [0, 0.1) is 17.3 Å². The van der Waals surface area contributed by atoms with Gasteiger partial charge in [0, 0.05) is 30.5 Å². The monoisotopic (exact) mass is 296 g/mol. The Morgan fingerprint density at radius 3 is 2.48 bits per heavy atom. The summed E-state index contributed by atoms with van der Waals surface area (Å²) in [5.74, 6) is 0.999. The van der Waals surface area contributed by atoms with E-state index in [1.165, 1.54) is 0 Å². The van der Waals surface area contributed by atoms with Gasteiger partial charge in [-0.3, -0.25) is 4.79 Å². The zero-order chi connectivity index (χ0) is 15.6. The van der Waals surface area contributed by atoms with Crippen molar-refractivity contribution in [3.05, 3.63) is 0 Å². The maximum Gasteiger partial charge on any atom is 0.226 e. The minimum Gasteiger partial charge on any atom is -0.378 e. The lowest BCUT2D eigenvalue weighted by atomic mass is 9.63. The number of nitrogens with one attached hydrogen (secondary N) is 1. The van der Waals surface area contributed by atoms with Crippen LogP contribution in [0.2, 0.25) is 0 Å². The van der Waals surface area contributed by atoms with Gasteiger partial charge in [-0.1, -0.05) is 27.7 Å². The summed E-state index contributed by atoms with van der Waals surface area (Å²) in [5, 5.41) is 3.27. The molecule has 1 aliphatic heterocycles. The number of hydrogen-bond acceptors (Lipinski definition) is 3. The first-order valence-electron chi connectivity index (χ1n) is 8.56. The molecule has 0 aromatic carbocycles. The van der Waals surface area contributed by atoms with Crippen LogP contribution >= 0.6 is 0 Å².